The van der Waals surface area contributed by atoms with Crippen molar-refractivity contribution in [3.05, 3.63) is 212 Å². The lowest BCUT2D eigenvalue weighted by Crippen LogP contribution is -2.11. The molecule has 0 aromatic heterocycles. The van der Waals surface area contributed by atoms with Crippen LogP contribution < -0.4 is 10.2 Å². The molecular formula is C48H36N2. The van der Waals surface area contributed by atoms with E-state index in [-0.39, 0.29) is 0 Å². The first kappa shape index (κ1) is 30.7. The van der Waals surface area contributed by atoms with Crippen LogP contribution in [0.5, 0.6) is 0 Å². The van der Waals surface area contributed by atoms with Gasteiger partial charge in [0.15, 0.2) is 0 Å². The Morgan fingerprint density at radius 1 is 0.300 bits per heavy atom. The highest BCUT2D eigenvalue weighted by Gasteiger charge is 2.18. The van der Waals surface area contributed by atoms with Gasteiger partial charge in [0.25, 0.3) is 0 Å². The summed E-state index contributed by atoms with van der Waals surface area (Å²) >= 11 is 0. The largest absolute Gasteiger partial charge is 0.355 e. The zero-order chi connectivity index (χ0) is 33.5. The molecule has 1 N–H and O–H groups in total. The van der Waals surface area contributed by atoms with Crippen LogP contribution in [0.25, 0.3) is 44.5 Å². The first-order valence-corrected chi connectivity index (χ1v) is 17.0. The summed E-state index contributed by atoms with van der Waals surface area (Å²) in [6, 6.07) is 75.2. The van der Waals surface area contributed by atoms with Crippen LogP contribution in [0.15, 0.2) is 212 Å². The standard InChI is InChI=1S/C48H36N2/c1-4-15-36(16-5-1)41-21-14-22-44(35-41)50(48-26-13-11-24-46(48)40-19-8-3-9-20-40)43-33-29-38(30-34-43)37-27-31-42(32-28-37)49-47-25-12-10-23-45(47)39-17-6-2-7-18-39/h1-35,49H. The van der Waals surface area contributed by atoms with Crippen LogP contribution in [-0.2, 0) is 0 Å². The SMILES string of the molecule is c1ccc(-c2cccc(N(c3ccc(-c4ccc(Nc5ccccc5-c5ccccc5)cc4)cc3)c3ccccc3-c3ccccc3)c2)cc1. The number of anilines is 5. The molecule has 0 heterocycles. The van der Waals surface area contributed by atoms with Crippen molar-refractivity contribution < 1.29 is 0 Å². The van der Waals surface area contributed by atoms with Crippen molar-refractivity contribution >= 4 is 28.4 Å². The van der Waals surface area contributed by atoms with Gasteiger partial charge in [-0.3, -0.25) is 0 Å². The van der Waals surface area contributed by atoms with Crippen molar-refractivity contribution in [2.45, 2.75) is 0 Å². The molecule has 0 amide bonds. The van der Waals surface area contributed by atoms with Gasteiger partial charge in [-0.1, -0.05) is 164 Å². The monoisotopic (exact) mass is 640 g/mol. The number of nitrogens with one attached hydrogen (secondary N) is 1. The van der Waals surface area contributed by atoms with Crippen LogP contribution in [0.2, 0.25) is 0 Å². The fourth-order valence-electron chi connectivity index (χ4n) is 6.58. The van der Waals surface area contributed by atoms with Gasteiger partial charge in [0.05, 0.1) is 5.69 Å². The highest BCUT2D eigenvalue weighted by Crippen LogP contribution is 2.42. The molecule has 0 radical (unpaired) electrons. The smallest absolute Gasteiger partial charge is 0.0540 e. The third-order valence-corrected chi connectivity index (χ3v) is 9.08. The van der Waals surface area contributed by atoms with Crippen LogP contribution in [0.1, 0.15) is 0 Å². The molecule has 8 aromatic carbocycles. The molecule has 8 rings (SSSR count). The van der Waals surface area contributed by atoms with Crippen LogP contribution >= 0.6 is 0 Å². The van der Waals surface area contributed by atoms with E-state index in [9.17, 15) is 0 Å². The molecule has 0 spiro atoms. The van der Waals surface area contributed by atoms with Crippen molar-refractivity contribution in [1.82, 2.24) is 0 Å². The fourth-order valence-corrected chi connectivity index (χ4v) is 6.58. The lowest BCUT2D eigenvalue weighted by molar-refractivity contribution is 1.28. The molecule has 50 heavy (non-hydrogen) atoms. The Morgan fingerprint density at radius 2 is 0.780 bits per heavy atom. The van der Waals surface area contributed by atoms with Gasteiger partial charge in [-0.2, -0.15) is 0 Å². The maximum Gasteiger partial charge on any atom is 0.0540 e. The van der Waals surface area contributed by atoms with E-state index in [4.69, 9.17) is 0 Å². The van der Waals surface area contributed by atoms with E-state index in [1.807, 2.05) is 0 Å². The molecule has 0 atom stereocenters. The highest BCUT2D eigenvalue weighted by atomic mass is 15.1. The lowest BCUT2D eigenvalue weighted by Gasteiger charge is -2.28. The molecule has 8 aromatic rings. The van der Waals surface area contributed by atoms with E-state index in [0.717, 1.165) is 28.4 Å². The van der Waals surface area contributed by atoms with Gasteiger partial charge in [0.1, 0.15) is 0 Å². The number of rotatable bonds is 9. The zero-order valence-corrected chi connectivity index (χ0v) is 27.7. The molecule has 2 heteroatoms. The zero-order valence-electron chi connectivity index (χ0n) is 27.7. The summed E-state index contributed by atoms with van der Waals surface area (Å²) < 4.78 is 0. The Kier molecular flexibility index (Phi) is 8.73. The predicted molar refractivity (Wildman–Crippen MR) is 213 cm³/mol. The number of benzene rings is 8. The second-order valence-corrected chi connectivity index (χ2v) is 12.3. The lowest BCUT2D eigenvalue weighted by atomic mass is 10.00. The van der Waals surface area contributed by atoms with E-state index in [2.05, 4.69) is 223 Å². The summed E-state index contributed by atoms with van der Waals surface area (Å²) in [4.78, 5) is 2.37. The fraction of sp³-hybridized carbons (Fsp3) is 0. The van der Waals surface area contributed by atoms with E-state index >= 15 is 0 Å². The topological polar surface area (TPSA) is 15.3 Å². The summed E-state index contributed by atoms with van der Waals surface area (Å²) in [5.41, 5.74) is 14.9. The quantitative estimate of drug-likeness (QED) is 0.169. The Labute approximate surface area is 294 Å². The predicted octanol–water partition coefficient (Wildman–Crippen LogP) is 13.6. The maximum absolute atomic E-state index is 3.64. The minimum atomic E-state index is 1.05. The first-order valence-electron chi connectivity index (χ1n) is 17.0. The van der Waals surface area contributed by atoms with Crippen LogP contribution in [0.3, 0.4) is 0 Å². The summed E-state index contributed by atoms with van der Waals surface area (Å²) in [5.74, 6) is 0. The highest BCUT2D eigenvalue weighted by molar-refractivity contribution is 5.89. The minimum Gasteiger partial charge on any atom is -0.355 e. The average Bonchev–Trinajstić information content (AvgIpc) is 3.20. The first-order chi connectivity index (χ1) is 24.8. The van der Waals surface area contributed by atoms with E-state index in [1.54, 1.807) is 0 Å². The van der Waals surface area contributed by atoms with Crippen molar-refractivity contribution in [3.63, 3.8) is 0 Å². The third kappa shape index (κ3) is 6.56. The molecule has 0 fully saturated rings. The summed E-state index contributed by atoms with van der Waals surface area (Å²) in [6.07, 6.45) is 0. The van der Waals surface area contributed by atoms with E-state index in [0.29, 0.717) is 0 Å². The molecule has 0 aliphatic carbocycles. The number of para-hydroxylation sites is 2. The summed E-state index contributed by atoms with van der Waals surface area (Å²) in [6.45, 7) is 0. The van der Waals surface area contributed by atoms with Gasteiger partial charge in [0, 0.05) is 33.9 Å². The molecule has 0 bridgehead atoms. The van der Waals surface area contributed by atoms with Gasteiger partial charge < -0.3 is 10.2 Å². The molecule has 0 unspecified atom stereocenters. The molecule has 0 aliphatic heterocycles. The molecular weight excluding hydrogens is 605 g/mol. The van der Waals surface area contributed by atoms with Gasteiger partial charge in [0.2, 0.25) is 0 Å². The number of hydrogen-bond acceptors (Lipinski definition) is 2. The Bertz CT molecular complexity index is 2310. The minimum absolute atomic E-state index is 1.05. The van der Waals surface area contributed by atoms with Gasteiger partial charge in [-0.25, -0.2) is 0 Å². The Morgan fingerprint density at radius 3 is 1.44 bits per heavy atom. The number of nitrogens with zero attached hydrogens (tertiary/aromatic N) is 1. The van der Waals surface area contributed by atoms with Crippen molar-refractivity contribution in [2.75, 3.05) is 10.2 Å². The normalized spacial score (nSPS) is 10.8. The summed E-state index contributed by atoms with van der Waals surface area (Å²) in [5, 5.41) is 3.64. The molecule has 2 nitrogen and oxygen atoms in total. The number of hydrogen-bond donors (Lipinski definition) is 1. The van der Waals surface area contributed by atoms with Crippen molar-refractivity contribution in [3.8, 4) is 44.5 Å². The Hall–Kier alpha value is -6.64. The summed E-state index contributed by atoms with van der Waals surface area (Å²) in [7, 11) is 0. The second-order valence-electron chi connectivity index (χ2n) is 12.3. The van der Waals surface area contributed by atoms with Crippen molar-refractivity contribution in [1.29, 1.82) is 0 Å². The molecule has 0 saturated carbocycles. The van der Waals surface area contributed by atoms with Gasteiger partial charge in [-0.15, -0.1) is 0 Å². The van der Waals surface area contributed by atoms with E-state index in [1.165, 1.54) is 44.5 Å². The molecule has 0 aliphatic rings. The molecule has 0 saturated heterocycles. The maximum atomic E-state index is 3.64. The molecule has 238 valence electrons. The van der Waals surface area contributed by atoms with Crippen LogP contribution in [0, 0.1) is 0 Å². The van der Waals surface area contributed by atoms with Crippen LogP contribution in [0.4, 0.5) is 28.4 Å². The van der Waals surface area contributed by atoms with Crippen molar-refractivity contribution in [2.24, 2.45) is 0 Å². The van der Waals surface area contributed by atoms with Crippen LogP contribution in [-0.4, -0.2) is 0 Å². The second kappa shape index (κ2) is 14.2. The van der Waals surface area contributed by atoms with Gasteiger partial charge >= 0.3 is 0 Å². The van der Waals surface area contributed by atoms with Gasteiger partial charge in [-0.05, 0) is 81.9 Å². The Balaban J connectivity index is 1.12. The third-order valence-electron chi connectivity index (χ3n) is 9.08. The van der Waals surface area contributed by atoms with E-state index < -0.39 is 0 Å². The average molecular weight is 641 g/mol.